The molecule has 0 spiro atoms. The van der Waals surface area contributed by atoms with Gasteiger partial charge in [0.1, 0.15) is 0 Å². The molecule has 1 aliphatic carbocycles. The maximum atomic E-state index is 9.28. The van der Waals surface area contributed by atoms with Crippen LogP contribution in [0.5, 0.6) is 0 Å². The zero-order chi connectivity index (χ0) is 10.8. The summed E-state index contributed by atoms with van der Waals surface area (Å²) in [6, 6.07) is 0.422. The van der Waals surface area contributed by atoms with Gasteiger partial charge in [0, 0.05) is 18.3 Å². The van der Waals surface area contributed by atoms with Crippen LogP contribution in [0, 0.1) is 5.92 Å². The topological polar surface area (TPSA) is 38.0 Å². The molecule has 0 unspecified atom stereocenters. The van der Waals surface area contributed by atoms with E-state index in [0.29, 0.717) is 18.6 Å². The molecule has 1 aliphatic rings. The van der Waals surface area contributed by atoms with Crippen molar-refractivity contribution in [2.75, 3.05) is 6.61 Å². The Morgan fingerprint density at radius 1 is 1.60 bits per heavy atom. The predicted molar refractivity (Wildman–Crippen MR) is 59.8 cm³/mol. The lowest BCUT2D eigenvalue weighted by Crippen LogP contribution is -2.14. The van der Waals surface area contributed by atoms with E-state index in [2.05, 4.69) is 23.6 Å². The molecule has 2 rings (SSSR count). The van der Waals surface area contributed by atoms with E-state index in [1.165, 1.54) is 17.7 Å². The van der Waals surface area contributed by atoms with Crippen molar-refractivity contribution in [3.05, 3.63) is 17.5 Å². The van der Waals surface area contributed by atoms with E-state index in [1.54, 1.807) is 0 Å². The average Bonchev–Trinajstić information content (AvgIpc) is 2.49. The van der Waals surface area contributed by atoms with Crippen molar-refractivity contribution in [2.45, 2.75) is 45.6 Å². The van der Waals surface area contributed by atoms with Crippen LogP contribution < -0.4 is 0 Å². The first-order chi connectivity index (χ1) is 7.22. The smallest absolute Gasteiger partial charge is 0.0524 e. The standard InChI is InChI=1S/C12H20N2O/c1-9(2)14-12-6-10(8-15)4-3-5-11(12)7-13-14/h7,9-10,15H,3-6,8H2,1-2H3/t10-/m0/s1. The molecule has 0 saturated carbocycles. The maximum absolute atomic E-state index is 9.28. The first-order valence-electron chi connectivity index (χ1n) is 5.88. The summed E-state index contributed by atoms with van der Waals surface area (Å²) < 4.78 is 2.11. The fraction of sp³-hybridized carbons (Fsp3) is 0.750. The lowest BCUT2D eigenvalue weighted by Gasteiger charge is -2.15. The molecule has 0 radical (unpaired) electrons. The van der Waals surface area contributed by atoms with Crippen LogP contribution in [0.3, 0.4) is 0 Å². The molecule has 1 N–H and O–H groups in total. The highest BCUT2D eigenvalue weighted by Gasteiger charge is 2.20. The lowest BCUT2D eigenvalue weighted by atomic mass is 10.0. The molecular formula is C12H20N2O. The molecule has 15 heavy (non-hydrogen) atoms. The predicted octanol–water partition coefficient (Wildman–Crippen LogP) is 1.95. The molecule has 1 aromatic heterocycles. The first kappa shape index (κ1) is 10.7. The van der Waals surface area contributed by atoms with E-state index >= 15 is 0 Å². The van der Waals surface area contributed by atoms with E-state index in [-0.39, 0.29) is 0 Å². The molecule has 0 fully saturated rings. The summed E-state index contributed by atoms with van der Waals surface area (Å²) in [6.07, 6.45) is 6.45. The summed E-state index contributed by atoms with van der Waals surface area (Å²) in [5.41, 5.74) is 2.74. The summed E-state index contributed by atoms with van der Waals surface area (Å²) in [5.74, 6) is 0.431. The summed E-state index contributed by atoms with van der Waals surface area (Å²) in [6.45, 7) is 4.63. The molecule has 0 saturated heterocycles. The van der Waals surface area contributed by atoms with E-state index < -0.39 is 0 Å². The summed E-state index contributed by atoms with van der Waals surface area (Å²) in [4.78, 5) is 0. The van der Waals surface area contributed by atoms with Gasteiger partial charge in [0.05, 0.1) is 6.20 Å². The molecule has 0 aliphatic heterocycles. The number of rotatable bonds is 2. The van der Waals surface area contributed by atoms with Gasteiger partial charge in [-0.1, -0.05) is 0 Å². The van der Waals surface area contributed by atoms with Gasteiger partial charge in [0.15, 0.2) is 0 Å². The number of aryl methyl sites for hydroxylation is 1. The number of aliphatic hydroxyl groups excluding tert-OH is 1. The number of aliphatic hydroxyl groups is 1. The van der Waals surface area contributed by atoms with Gasteiger partial charge in [-0.25, -0.2) is 0 Å². The molecule has 1 aromatic rings. The Balaban J connectivity index is 2.29. The van der Waals surface area contributed by atoms with Crippen LogP contribution in [-0.4, -0.2) is 21.5 Å². The van der Waals surface area contributed by atoms with E-state index in [0.717, 1.165) is 19.3 Å². The Hall–Kier alpha value is -0.830. The number of hydrogen-bond donors (Lipinski definition) is 1. The third kappa shape index (κ3) is 2.07. The van der Waals surface area contributed by atoms with Gasteiger partial charge in [-0.2, -0.15) is 5.10 Å². The lowest BCUT2D eigenvalue weighted by molar-refractivity contribution is 0.215. The van der Waals surface area contributed by atoms with Crippen LogP contribution in [0.25, 0.3) is 0 Å². The normalized spacial score (nSPS) is 21.5. The number of nitrogens with zero attached hydrogens (tertiary/aromatic N) is 2. The highest BCUT2D eigenvalue weighted by molar-refractivity contribution is 5.20. The minimum absolute atomic E-state index is 0.308. The maximum Gasteiger partial charge on any atom is 0.0524 e. The summed E-state index contributed by atoms with van der Waals surface area (Å²) >= 11 is 0. The average molecular weight is 208 g/mol. The quantitative estimate of drug-likeness (QED) is 0.754. The molecular weight excluding hydrogens is 188 g/mol. The van der Waals surface area contributed by atoms with Gasteiger partial charge in [0.2, 0.25) is 0 Å². The molecule has 0 bridgehead atoms. The molecule has 0 amide bonds. The number of fused-ring (bicyclic) bond motifs is 1. The Kier molecular flexibility index (Phi) is 3.10. The molecule has 84 valence electrons. The van der Waals surface area contributed by atoms with Crippen LogP contribution in [0.1, 0.15) is 44.0 Å². The SMILES string of the molecule is CC(C)n1ncc2c1C[C@@H](CO)CCC2. The fourth-order valence-electron chi connectivity index (χ4n) is 2.41. The minimum atomic E-state index is 0.308. The van der Waals surface area contributed by atoms with Crippen molar-refractivity contribution in [3.63, 3.8) is 0 Å². The van der Waals surface area contributed by atoms with Crippen LogP contribution in [0.4, 0.5) is 0 Å². The van der Waals surface area contributed by atoms with Gasteiger partial charge >= 0.3 is 0 Å². The highest BCUT2D eigenvalue weighted by atomic mass is 16.3. The second-order valence-corrected chi connectivity index (χ2v) is 4.80. The molecule has 1 heterocycles. The van der Waals surface area contributed by atoms with Gasteiger partial charge < -0.3 is 5.11 Å². The second kappa shape index (κ2) is 4.35. The first-order valence-corrected chi connectivity index (χ1v) is 5.88. The molecule has 0 aromatic carbocycles. The molecule has 3 nitrogen and oxygen atoms in total. The van der Waals surface area contributed by atoms with Gasteiger partial charge in [-0.15, -0.1) is 0 Å². The van der Waals surface area contributed by atoms with Gasteiger partial charge in [-0.3, -0.25) is 4.68 Å². The van der Waals surface area contributed by atoms with E-state index in [4.69, 9.17) is 0 Å². The summed E-state index contributed by atoms with van der Waals surface area (Å²) in [5, 5.41) is 13.7. The van der Waals surface area contributed by atoms with Crippen molar-refractivity contribution in [1.82, 2.24) is 9.78 Å². The second-order valence-electron chi connectivity index (χ2n) is 4.80. The van der Waals surface area contributed by atoms with Crippen LogP contribution in [0.15, 0.2) is 6.20 Å². The monoisotopic (exact) mass is 208 g/mol. The third-order valence-electron chi connectivity index (χ3n) is 3.27. The van der Waals surface area contributed by atoms with Crippen molar-refractivity contribution in [3.8, 4) is 0 Å². The van der Waals surface area contributed by atoms with Crippen molar-refractivity contribution >= 4 is 0 Å². The number of hydrogen-bond acceptors (Lipinski definition) is 2. The number of aromatic nitrogens is 2. The van der Waals surface area contributed by atoms with E-state index in [9.17, 15) is 5.11 Å². The minimum Gasteiger partial charge on any atom is -0.396 e. The van der Waals surface area contributed by atoms with Crippen molar-refractivity contribution < 1.29 is 5.11 Å². The Morgan fingerprint density at radius 2 is 2.40 bits per heavy atom. The Bertz CT molecular complexity index is 330. The fourth-order valence-corrected chi connectivity index (χ4v) is 2.41. The molecule has 3 heteroatoms. The van der Waals surface area contributed by atoms with Crippen molar-refractivity contribution in [2.24, 2.45) is 5.92 Å². The van der Waals surface area contributed by atoms with Crippen LogP contribution >= 0.6 is 0 Å². The highest BCUT2D eigenvalue weighted by Crippen LogP contribution is 2.25. The van der Waals surface area contributed by atoms with Gasteiger partial charge in [0.25, 0.3) is 0 Å². The Morgan fingerprint density at radius 3 is 3.07 bits per heavy atom. The zero-order valence-corrected chi connectivity index (χ0v) is 9.61. The summed E-state index contributed by atoms with van der Waals surface area (Å²) in [7, 11) is 0. The van der Waals surface area contributed by atoms with Crippen molar-refractivity contribution in [1.29, 1.82) is 0 Å². The Labute approximate surface area is 91.1 Å². The molecule has 1 atom stereocenters. The zero-order valence-electron chi connectivity index (χ0n) is 9.61. The van der Waals surface area contributed by atoms with Crippen LogP contribution in [0.2, 0.25) is 0 Å². The van der Waals surface area contributed by atoms with Gasteiger partial charge in [-0.05, 0) is 51.0 Å². The largest absolute Gasteiger partial charge is 0.396 e. The third-order valence-corrected chi connectivity index (χ3v) is 3.27. The van der Waals surface area contributed by atoms with Crippen LogP contribution in [-0.2, 0) is 12.8 Å². The van der Waals surface area contributed by atoms with E-state index in [1.807, 2.05) is 6.20 Å².